The van der Waals surface area contributed by atoms with E-state index in [9.17, 15) is 14.4 Å². The number of carbonyl (C=O) groups is 3. The summed E-state index contributed by atoms with van der Waals surface area (Å²) in [5.74, 6) is 0.592. The van der Waals surface area contributed by atoms with Crippen LogP contribution < -0.4 is 10.1 Å². The SMILES string of the molecule is COc1cccc(C(=O)N2CC(N(CC3CCCO3)C(=O)C3CC3)CC2C(=O)N2CCNCC2)c1. The number of amides is 3. The normalized spacial score (nSPS) is 26.6. The molecule has 3 heterocycles. The molecule has 0 spiro atoms. The van der Waals surface area contributed by atoms with Crippen LogP contribution in [0.5, 0.6) is 5.75 Å². The predicted octanol–water partition coefficient (Wildman–Crippen LogP) is 1.13. The molecule has 1 aliphatic carbocycles. The molecule has 1 aromatic rings. The smallest absolute Gasteiger partial charge is 0.254 e. The van der Waals surface area contributed by atoms with Crippen LogP contribution in [-0.4, -0.2) is 104 Å². The van der Waals surface area contributed by atoms with Gasteiger partial charge < -0.3 is 29.5 Å². The summed E-state index contributed by atoms with van der Waals surface area (Å²) in [7, 11) is 1.57. The Labute approximate surface area is 206 Å². The van der Waals surface area contributed by atoms with E-state index >= 15 is 0 Å². The molecule has 4 fully saturated rings. The highest BCUT2D eigenvalue weighted by atomic mass is 16.5. The molecule has 3 atom stereocenters. The summed E-state index contributed by atoms with van der Waals surface area (Å²) in [6.45, 7) is 4.36. The van der Waals surface area contributed by atoms with E-state index in [2.05, 4.69) is 5.32 Å². The molecule has 9 nitrogen and oxygen atoms in total. The third kappa shape index (κ3) is 5.30. The molecule has 0 radical (unpaired) electrons. The average molecular weight is 485 g/mol. The number of nitrogens with zero attached hydrogens (tertiary/aromatic N) is 3. The lowest BCUT2D eigenvalue weighted by Gasteiger charge is -2.32. The van der Waals surface area contributed by atoms with Gasteiger partial charge in [-0.1, -0.05) is 6.07 Å². The highest BCUT2D eigenvalue weighted by Crippen LogP contribution is 2.35. The molecule has 3 amide bonds. The van der Waals surface area contributed by atoms with Crippen molar-refractivity contribution in [3.63, 3.8) is 0 Å². The van der Waals surface area contributed by atoms with Gasteiger partial charge >= 0.3 is 0 Å². The topological polar surface area (TPSA) is 91.4 Å². The molecule has 9 heteroatoms. The summed E-state index contributed by atoms with van der Waals surface area (Å²) >= 11 is 0. The number of piperazine rings is 1. The Morgan fingerprint density at radius 3 is 2.66 bits per heavy atom. The zero-order chi connectivity index (χ0) is 24.4. The molecular weight excluding hydrogens is 448 g/mol. The third-order valence-corrected chi connectivity index (χ3v) is 7.65. The van der Waals surface area contributed by atoms with Crippen molar-refractivity contribution in [3.05, 3.63) is 29.8 Å². The number of benzene rings is 1. The van der Waals surface area contributed by atoms with Crippen LogP contribution in [0.15, 0.2) is 24.3 Å². The molecule has 4 aliphatic rings. The summed E-state index contributed by atoms with van der Waals surface area (Å²) in [4.78, 5) is 46.2. The Balaban J connectivity index is 1.41. The van der Waals surface area contributed by atoms with Crippen LogP contribution in [0.1, 0.15) is 42.5 Å². The van der Waals surface area contributed by atoms with Crippen LogP contribution in [0.4, 0.5) is 0 Å². The van der Waals surface area contributed by atoms with Crippen LogP contribution in [0, 0.1) is 5.92 Å². The van der Waals surface area contributed by atoms with E-state index < -0.39 is 6.04 Å². The maximum absolute atomic E-state index is 13.7. The van der Waals surface area contributed by atoms with Gasteiger partial charge in [0.05, 0.1) is 19.3 Å². The number of hydrogen-bond acceptors (Lipinski definition) is 6. The summed E-state index contributed by atoms with van der Waals surface area (Å²) < 4.78 is 11.2. The molecule has 35 heavy (non-hydrogen) atoms. The fraction of sp³-hybridized carbons (Fsp3) is 0.654. The van der Waals surface area contributed by atoms with Crippen molar-refractivity contribution in [1.82, 2.24) is 20.0 Å². The minimum absolute atomic E-state index is 0.0267. The van der Waals surface area contributed by atoms with E-state index in [0.717, 1.165) is 45.4 Å². The molecule has 3 unspecified atom stereocenters. The van der Waals surface area contributed by atoms with E-state index in [1.54, 1.807) is 36.3 Å². The van der Waals surface area contributed by atoms with Gasteiger partial charge in [0.25, 0.3) is 5.91 Å². The van der Waals surface area contributed by atoms with Crippen LogP contribution >= 0.6 is 0 Å². The average Bonchev–Trinajstić information content (AvgIpc) is 3.45. The van der Waals surface area contributed by atoms with Gasteiger partial charge in [-0.25, -0.2) is 0 Å². The first-order valence-corrected chi connectivity index (χ1v) is 12.9. The summed E-state index contributed by atoms with van der Waals surface area (Å²) in [6.07, 6.45) is 4.28. The van der Waals surface area contributed by atoms with Gasteiger partial charge in [0.15, 0.2) is 0 Å². The minimum atomic E-state index is -0.587. The largest absolute Gasteiger partial charge is 0.497 e. The van der Waals surface area contributed by atoms with Crippen LogP contribution in [0.25, 0.3) is 0 Å². The Kier molecular flexibility index (Phi) is 7.24. The lowest BCUT2D eigenvalue weighted by molar-refractivity contribution is -0.138. The predicted molar refractivity (Wildman–Crippen MR) is 129 cm³/mol. The first-order chi connectivity index (χ1) is 17.0. The molecule has 3 aliphatic heterocycles. The maximum atomic E-state index is 13.7. The fourth-order valence-electron chi connectivity index (χ4n) is 5.51. The second-order valence-electron chi connectivity index (χ2n) is 10.1. The molecular formula is C26H36N4O5. The number of rotatable bonds is 7. The van der Waals surface area contributed by atoms with Crippen molar-refractivity contribution in [2.24, 2.45) is 5.92 Å². The number of hydrogen-bond donors (Lipinski definition) is 1. The molecule has 0 bridgehead atoms. The number of likely N-dealkylation sites (tertiary alicyclic amines) is 1. The van der Waals surface area contributed by atoms with E-state index in [1.165, 1.54) is 0 Å². The Morgan fingerprint density at radius 1 is 1.17 bits per heavy atom. The zero-order valence-corrected chi connectivity index (χ0v) is 20.5. The van der Waals surface area contributed by atoms with Crippen molar-refractivity contribution in [1.29, 1.82) is 0 Å². The molecule has 5 rings (SSSR count). The second-order valence-corrected chi connectivity index (χ2v) is 10.1. The minimum Gasteiger partial charge on any atom is -0.497 e. The van der Waals surface area contributed by atoms with Crippen molar-refractivity contribution < 1.29 is 23.9 Å². The van der Waals surface area contributed by atoms with Gasteiger partial charge in [0, 0.05) is 57.4 Å². The quantitative estimate of drug-likeness (QED) is 0.624. The van der Waals surface area contributed by atoms with Crippen molar-refractivity contribution in [2.45, 2.75) is 50.3 Å². The van der Waals surface area contributed by atoms with Crippen molar-refractivity contribution in [2.75, 3.05) is 53.0 Å². The maximum Gasteiger partial charge on any atom is 0.254 e. The van der Waals surface area contributed by atoms with E-state index in [0.29, 0.717) is 43.9 Å². The highest BCUT2D eigenvalue weighted by molar-refractivity contribution is 5.98. The molecule has 0 aromatic heterocycles. The number of nitrogens with one attached hydrogen (secondary N) is 1. The Hall–Kier alpha value is -2.65. The summed E-state index contributed by atoms with van der Waals surface area (Å²) in [5.41, 5.74) is 0.488. The van der Waals surface area contributed by atoms with Gasteiger partial charge in [-0.2, -0.15) is 0 Å². The van der Waals surface area contributed by atoms with E-state index in [4.69, 9.17) is 9.47 Å². The van der Waals surface area contributed by atoms with Crippen LogP contribution in [0.3, 0.4) is 0 Å². The first-order valence-electron chi connectivity index (χ1n) is 12.9. The second kappa shape index (κ2) is 10.5. The number of ether oxygens (including phenoxy) is 2. The van der Waals surface area contributed by atoms with Crippen LogP contribution in [0.2, 0.25) is 0 Å². The van der Waals surface area contributed by atoms with Gasteiger partial charge in [0.2, 0.25) is 11.8 Å². The van der Waals surface area contributed by atoms with Crippen LogP contribution in [-0.2, 0) is 14.3 Å². The van der Waals surface area contributed by atoms with Crippen molar-refractivity contribution in [3.8, 4) is 5.75 Å². The third-order valence-electron chi connectivity index (χ3n) is 7.65. The van der Waals surface area contributed by atoms with Gasteiger partial charge in [-0.3, -0.25) is 14.4 Å². The zero-order valence-electron chi connectivity index (χ0n) is 20.5. The Morgan fingerprint density at radius 2 is 1.97 bits per heavy atom. The highest BCUT2D eigenvalue weighted by Gasteiger charge is 2.47. The lowest BCUT2D eigenvalue weighted by atomic mass is 10.1. The standard InChI is InChI=1S/C26H36N4O5/c1-34-21-5-2-4-19(14-21)25(32)30-16-20(15-23(30)26(33)28-11-9-27-10-12-28)29(24(31)18-7-8-18)17-22-6-3-13-35-22/h2,4-5,14,18,20,22-23,27H,3,6-13,15-17H2,1H3. The number of carbonyl (C=O) groups excluding carboxylic acids is 3. The van der Waals surface area contributed by atoms with Gasteiger partial charge in [-0.05, 0) is 50.3 Å². The summed E-state index contributed by atoms with van der Waals surface area (Å²) in [5, 5.41) is 3.28. The van der Waals surface area contributed by atoms with Crippen molar-refractivity contribution >= 4 is 17.7 Å². The molecule has 3 saturated heterocycles. The molecule has 1 saturated carbocycles. The van der Waals surface area contributed by atoms with Gasteiger partial charge in [-0.15, -0.1) is 0 Å². The lowest BCUT2D eigenvalue weighted by Crippen LogP contribution is -2.53. The Bertz CT molecular complexity index is 939. The first kappa shape index (κ1) is 24.1. The number of methoxy groups -OCH3 is 1. The monoisotopic (exact) mass is 484 g/mol. The van der Waals surface area contributed by atoms with E-state index in [1.807, 2.05) is 9.80 Å². The summed E-state index contributed by atoms with van der Waals surface area (Å²) in [6, 6.07) is 6.26. The molecule has 1 N–H and O–H groups in total. The molecule has 1 aromatic carbocycles. The van der Waals surface area contributed by atoms with Gasteiger partial charge in [0.1, 0.15) is 11.8 Å². The molecule has 190 valence electrons. The fourth-order valence-corrected chi connectivity index (χ4v) is 5.51. The van der Waals surface area contributed by atoms with E-state index in [-0.39, 0.29) is 35.8 Å².